The first-order chi connectivity index (χ1) is 14.0. The molecule has 29 heavy (non-hydrogen) atoms. The van der Waals surface area contributed by atoms with Gasteiger partial charge < -0.3 is 9.30 Å². The molecule has 0 bridgehead atoms. The summed E-state index contributed by atoms with van der Waals surface area (Å²) in [7, 11) is 0. The summed E-state index contributed by atoms with van der Waals surface area (Å²) >= 11 is 6.36. The molecule has 0 saturated heterocycles. The summed E-state index contributed by atoms with van der Waals surface area (Å²) in [5.74, 6) is 0.845. The van der Waals surface area contributed by atoms with Gasteiger partial charge in [0.15, 0.2) is 11.4 Å². The smallest absolute Gasteiger partial charge is 0.308 e. The number of nitrogens with zero attached hydrogens (tertiary/aromatic N) is 4. The summed E-state index contributed by atoms with van der Waals surface area (Å²) in [5.41, 5.74) is 4.18. The van der Waals surface area contributed by atoms with Gasteiger partial charge >= 0.3 is 5.97 Å². The summed E-state index contributed by atoms with van der Waals surface area (Å²) < 4.78 is 9.47. The topological polar surface area (TPSA) is 61.4 Å². The van der Waals surface area contributed by atoms with E-state index in [1.807, 2.05) is 64.4 Å². The van der Waals surface area contributed by atoms with Crippen molar-refractivity contribution < 1.29 is 9.53 Å². The molecule has 0 N–H and O–H groups in total. The molecule has 0 spiro atoms. The predicted octanol–water partition coefficient (Wildman–Crippen LogP) is 4.77. The lowest BCUT2D eigenvalue weighted by atomic mass is 10.2. The van der Waals surface area contributed by atoms with Gasteiger partial charge in [-0.2, -0.15) is 0 Å². The number of halogens is 1. The van der Waals surface area contributed by atoms with Gasteiger partial charge in [-0.25, -0.2) is 9.97 Å². The first kappa shape index (κ1) is 17.7. The molecule has 0 aliphatic rings. The molecule has 2 aromatic carbocycles. The standard InChI is InChI=1S/C22H17ClN4O2/c1-13-24-21-20(22-25-17-9-5-6-10-18(17)27(13)22)19(29-14(2)28)12-26(21)11-15-7-3-4-8-16(15)23/h3-10,12H,11H2,1-2H3. The minimum absolute atomic E-state index is 0.392. The van der Waals surface area contributed by atoms with Crippen LogP contribution in [0.4, 0.5) is 0 Å². The monoisotopic (exact) mass is 404 g/mol. The van der Waals surface area contributed by atoms with Crippen molar-refractivity contribution in [1.29, 1.82) is 0 Å². The highest BCUT2D eigenvalue weighted by Gasteiger charge is 2.21. The molecule has 0 aliphatic heterocycles. The fraction of sp³-hybridized carbons (Fsp3) is 0.136. The van der Waals surface area contributed by atoms with Gasteiger partial charge in [0.25, 0.3) is 0 Å². The van der Waals surface area contributed by atoms with E-state index in [-0.39, 0.29) is 0 Å². The van der Waals surface area contributed by atoms with Gasteiger partial charge in [0, 0.05) is 18.1 Å². The third-order valence-electron chi connectivity index (χ3n) is 4.94. The Kier molecular flexibility index (Phi) is 4.03. The van der Waals surface area contributed by atoms with E-state index in [1.165, 1.54) is 6.92 Å². The van der Waals surface area contributed by atoms with Gasteiger partial charge in [-0.3, -0.25) is 9.20 Å². The Balaban J connectivity index is 1.83. The highest BCUT2D eigenvalue weighted by atomic mass is 35.5. The molecule has 144 valence electrons. The van der Waals surface area contributed by atoms with Crippen molar-refractivity contribution >= 4 is 45.3 Å². The van der Waals surface area contributed by atoms with Crippen molar-refractivity contribution in [2.24, 2.45) is 0 Å². The Morgan fingerprint density at radius 2 is 1.83 bits per heavy atom. The molecule has 3 heterocycles. The quantitative estimate of drug-likeness (QED) is 0.406. The first-order valence-electron chi connectivity index (χ1n) is 9.21. The number of carbonyl (C=O) groups is 1. The summed E-state index contributed by atoms with van der Waals surface area (Å²) in [6.45, 7) is 3.83. The fourth-order valence-corrected chi connectivity index (χ4v) is 3.93. The van der Waals surface area contributed by atoms with Crippen LogP contribution in [0.15, 0.2) is 54.7 Å². The van der Waals surface area contributed by atoms with E-state index in [0.29, 0.717) is 34.0 Å². The zero-order chi connectivity index (χ0) is 20.1. The van der Waals surface area contributed by atoms with Crippen LogP contribution in [0.5, 0.6) is 5.75 Å². The fourth-order valence-electron chi connectivity index (χ4n) is 3.74. The zero-order valence-corrected chi connectivity index (χ0v) is 16.6. The second-order valence-electron chi connectivity index (χ2n) is 6.92. The van der Waals surface area contributed by atoms with Crippen molar-refractivity contribution in [2.75, 3.05) is 0 Å². The molecule has 5 aromatic rings. The van der Waals surface area contributed by atoms with Gasteiger partial charge in [-0.15, -0.1) is 0 Å². The number of esters is 1. The Labute approximate surface area is 171 Å². The van der Waals surface area contributed by atoms with E-state index in [0.717, 1.165) is 22.4 Å². The van der Waals surface area contributed by atoms with Crippen LogP contribution in [0.3, 0.4) is 0 Å². The molecule has 0 amide bonds. The van der Waals surface area contributed by atoms with Crippen LogP contribution in [0.1, 0.15) is 18.3 Å². The molecule has 0 unspecified atom stereocenters. The number of aryl methyl sites for hydroxylation is 1. The van der Waals surface area contributed by atoms with Gasteiger partial charge in [-0.05, 0) is 30.7 Å². The molecule has 0 radical (unpaired) electrons. The third kappa shape index (κ3) is 2.84. The van der Waals surface area contributed by atoms with E-state index in [1.54, 1.807) is 6.20 Å². The van der Waals surface area contributed by atoms with Crippen molar-refractivity contribution in [3.05, 3.63) is 71.1 Å². The number of rotatable bonds is 3. The number of carbonyl (C=O) groups excluding carboxylic acids is 1. The highest BCUT2D eigenvalue weighted by molar-refractivity contribution is 6.31. The van der Waals surface area contributed by atoms with Gasteiger partial charge in [0.1, 0.15) is 16.9 Å². The minimum Gasteiger partial charge on any atom is -0.424 e. The molecule has 6 nitrogen and oxygen atoms in total. The van der Waals surface area contributed by atoms with E-state index in [2.05, 4.69) is 0 Å². The molecule has 0 fully saturated rings. The summed E-state index contributed by atoms with van der Waals surface area (Å²) in [5, 5.41) is 1.38. The minimum atomic E-state index is -0.392. The largest absolute Gasteiger partial charge is 0.424 e. The maximum absolute atomic E-state index is 11.8. The Hall–Kier alpha value is -3.38. The lowest BCUT2D eigenvalue weighted by Gasteiger charge is -2.08. The Bertz CT molecular complexity index is 1420. The van der Waals surface area contributed by atoms with Gasteiger partial charge in [0.05, 0.1) is 17.6 Å². The van der Waals surface area contributed by atoms with Crippen LogP contribution in [0.2, 0.25) is 5.02 Å². The number of para-hydroxylation sites is 2. The molecular weight excluding hydrogens is 388 g/mol. The second-order valence-corrected chi connectivity index (χ2v) is 7.33. The average Bonchev–Trinajstić information content (AvgIpc) is 3.22. The molecule has 5 rings (SSSR count). The number of benzene rings is 2. The number of aromatic nitrogens is 4. The van der Waals surface area contributed by atoms with Crippen LogP contribution >= 0.6 is 11.6 Å². The van der Waals surface area contributed by atoms with Crippen molar-refractivity contribution in [2.45, 2.75) is 20.4 Å². The highest BCUT2D eigenvalue weighted by Crippen LogP contribution is 2.34. The van der Waals surface area contributed by atoms with Crippen LogP contribution in [-0.4, -0.2) is 24.9 Å². The lowest BCUT2D eigenvalue weighted by molar-refractivity contribution is -0.131. The second kappa shape index (κ2) is 6.60. The number of ether oxygens (including phenoxy) is 1. The summed E-state index contributed by atoms with van der Waals surface area (Å²) in [6, 6.07) is 15.5. The van der Waals surface area contributed by atoms with Crippen LogP contribution in [-0.2, 0) is 11.3 Å². The van der Waals surface area contributed by atoms with Gasteiger partial charge in [-0.1, -0.05) is 41.9 Å². The predicted molar refractivity (Wildman–Crippen MR) is 113 cm³/mol. The van der Waals surface area contributed by atoms with E-state index in [9.17, 15) is 4.79 Å². The number of hydrogen-bond donors (Lipinski definition) is 0. The summed E-state index contributed by atoms with van der Waals surface area (Å²) in [6.07, 6.45) is 1.79. The van der Waals surface area contributed by atoms with E-state index < -0.39 is 5.97 Å². The molecule has 0 aliphatic carbocycles. The SMILES string of the molecule is CC(=O)Oc1cn(Cc2ccccc2Cl)c2nc(C)n3c4ccccc4nc3c12. The van der Waals surface area contributed by atoms with Crippen LogP contribution in [0.25, 0.3) is 27.7 Å². The lowest BCUT2D eigenvalue weighted by Crippen LogP contribution is -2.03. The maximum atomic E-state index is 11.8. The maximum Gasteiger partial charge on any atom is 0.308 e. The summed E-state index contributed by atoms with van der Waals surface area (Å²) in [4.78, 5) is 21.4. The third-order valence-corrected chi connectivity index (χ3v) is 5.31. The Morgan fingerprint density at radius 1 is 1.07 bits per heavy atom. The molecule has 3 aromatic heterocycles. The van der Waals surface area contributed by atoms with Crippen molar-refractivity contribution in [1.82, 2.24) is 18.9 Å². The molecular formula is C22H17ClN4O2. The van der Waals surface area contributed by atoms with Crippen molar-refractivity contribution in [3.63, 3.8) is 0 Å². The van der Waals surface area contributed by atoms with Crippen LogP contribution in [0, 0.1) is 6.92 Å². The number of fused-ring (bicyclic) bond motifs is 5. The number of imidazole rings is 1. The van der Waals surface area contributed by atoms with E-state index >= 15 is 0 Å². The van der Waals surface area contributed by atoms with Crippen molar-refractivity contribution in [3.8, 4) is 5.75 Å². The van der Waals surface area contributed by atoms with Crippen LogP contribution < -0.4 is 4.74 Å². The first-order valence-corrected chi connectivity index (χ1v) is 9.59. The van der Waals surface area contributed by atoms with E-state index in [4.69, 9.17) is 26.3 Å². The zero-order valence-electron chi connectivity index (χ0n) is 15.9. The molecule has 0 saturated carbocycles. The molecule has 7 heteroatoms. The van der Waals surface area contributed by atoms with Gasteiger partial charge in [0.2, 0.25) is 0 Å². The normalized spacial score (nSPS) is 11.6. The Morgan fingerprint density at radius 3 is 2.62 bits per heavy atom. The number of hydrogen-bond acceptors (Lipinski definition) is 4. The molecule has 0 atom stereocenters. The average molecular weight is 405 g/mol.